The maximum absolute atomic E-state index is 6.04. The van der Waals surface area contributed by atoms with Gasteiger partial charge in [-0.3, -0.25) is 0 Å². The molecule has 2 rings (SSSR count). The molecule has 0 radical (unpaired) electrons. The lowest BCUT2D eigenvalue weighted by molar-refractivity contribution is 0.970. The van der Waals surface area contributed by atoms with Gasteiger partial charge in [-0.15, -0.1) is 0 Å². The smallest absolute Gasteiger partial charge is 0.224 e. The first-order chi connectivity index (χ1) is 8.63. The van der Waals surface area contributed by atoms with Crippen molar-refractivity contribution in [1.29, 1.82) is 0 Å². The quantitative estimate of drug-likeness (QED) is 0.863. The zero-order chi connectivity index (χ0) is 13.1. The molecular formula is C13H15ClN4. The Balaban J connectivity index is 2.52. The molecule has 1 aromatic carbocycles. The van der Waals surface area contributed by atoms with Crippen molar-refractivity contribution in [3.05, 3.63) is 41.3 Å². The molecule has 0 spiro atoms. The zero-order valence-corrected chi connectivity index (χ0v) is 11.1. The zero-order valence-electron chi connectivity index (χ0n) is 10.4. The van der Waals surface area contributed by atoms with Gasteiger partial charge in [0, 0.05) is 12.2 Å². The van der Waals surface area contributed by atoms with Gasteiger partial charge in [-0.05, 0) is 37.6 Å². The van der Waals surface area contributed by atoms with Gasteiger partial charge >= 0.3 is 0 Å². The predicted octanol–water partition coefficient (Wildman–Crippen LogP) is 3.18. The Morgan fingerprint density at radius 1 is 1.22 bits per heavy atom. The third-order valence-electron chi connectivity index (χ3n) is 2.73. The largest absolute Gasteiger partial charge is 0.394 e. The summed E-state index contributed by atoms with van der Waals surface area (Å²) >= 11 is 5.91. The van der Waals surface area contributed by atoms with Crippen LogP contribution in [-0.2, 0) is 0 Å². The Morgan fingerprint density at radius 3 is 2.50 bits per heavy atom. The molecule has 0 aliphatic carbocycles. The molecule has 0 bridgehead atoms. The summed E-state index contributed by atoms with van der Waals surface area (Å²) < 4.78 is 0. The lowest BCUT2D eigenvalue weighted by Gasteiger charge is -2.23. The fourth-order valence-electron chi connectivity index (χ4n) is 1.80. The average molecular weight is 263 g/mol. The van der Waals surface area contributed by atoms with Crippen LogP contribution < -0.4 is 10.6 Å². The third-order valence-corrected chi connectivity index (χ3v) is 2.90. The monoisotopic (exact) mass is 262 g/mol. The molecule has 0 unspecified atom stereocenters. The highest BCUT2D eigenvalue weighted by atomic mass is 35.5. The Kier molecular flexibility index (Phi) is 3.67. The highest BCUT2D eigenvalue weighted by Crippen LogP contribution is 2.30. The number of aromatic nitrogens is 2. The van der Waals surface area contributed by atoms with Crippen molar-refractivity contribution in [1.82, 2.24) is 9.97 Å². The van der Waals surface area contributed by atoms with E-state index in [1.807, 2.05) is 49.1 Å². The maximum atomic E-state index is 6.04. The topological polar surface area (TPSA) is 55.0 Å². The van der Waals surface area contributed by atoms with E-state index in [2.05, 4.69) is 9.97 Å². The molecule has 1 heterocycles. The first-order valence-electron chi connectivity index (χ1n) is 5.75. The fourth-order valence-corrected chi connectivity index (χ4v) is 2.01. The van der Waals surface area contributed by atoms with E-state index in [9.17, 15) is 0 Å². The highest BCUT2D eigenvalue weighted by molar-refractivity contribution is 6.28. The molecule has 0 aliphatic heterocycles. The molecule has 0 atom stereocenters. The minimum atomic E-state index is 0.214. The number of benzene rings is 1. The third kappa shape index (κ3) is 2.38. The number of nitrogens with two attached hydrogens (primary N) is 1. The van der Waals surface area contributed by atoms with Crippen LogP contribution >= 0.6 is 11.6 Å². The lowest BCUT2D eigenvalue weighted by atomic mass is 10.2. The summed E-state index contributed by atoms with van der Waals surface area (Å²) in [4.78, 5) is 10.3. The molecule has 0 saturated heterocycles. The fraction of sp³-hybridized carbons (Fsp3) is 0.231. The van der Waals surface area contributed by atoms with Crippen LogP contribution in [0.15, 0.2) is 30.3 Å². The lowest BCUT2D eigenvalue weighted by Crippen LogP contribution is -2.20. The van der Waals surface area contributed by atoms with Gasteiger partial charge in [0.2, 0.25) is 5.28 Å². The summed E-state index contributed by atoms with van der Waals surface area (Å²) in [5, 5.41) is 0.214. The van der Waals surface area contributed by atoms with Crippen LogP contribution in [0, 0.1) is 6.92 Å². The molecule has 0 amide bonds. The number of aryl methyl sites for hydroxylation is 1. The van der Waals surface area contributed by atoms with E-state index in [0.29, 0.717) is 17.2 Å². The molecule has 94 valence electrons. The molecule has 5 heteroatoms. The number of halogens is 1. The molecule has 0 aliphatic rings. The summed E-state index contributed by atoms with van der Waals surface area (Å²) in [7, 11) is 0. The first-order valence-corrected chi connectivity index (χ1v) is 6.13. The molecular weight excluding hydrogens is 248 g/mol. The summed E-state index contributed by atoms with van der Waals surface area (Å²) in [6.45, 7) is 4.62. The van der Waals surface area contributed by atoms with Gasteiger partial charge in [-0.2, -0.15) is 4.98 Å². The van der Waals surface area contributed by atoms with Crippen molar-refractivity contribution in [3.63, 3.8) is 0 Å². The van der Waals surface area contributed by atoms with Gasteiger partial charge in [0.15, 0.2) is 5.82 Å². The molecule has 4 nitrogen and oxygen atoms in total. The summed E-state index contributed by atoms with van der Waals surface area (Å²) in [5.41, 5.74) is 8.32. The number of rotatable bonds is 3. The number of anilines is 3. The van der Waals surface area contributed by atoms with E-state index >= 15 is 0 Å². The number of nitrogens with zero attached hydrogens (tertiary/aromatic N) is 3. The SMILES string of the molecule is CCN(c1ccccc1)c1nc(Cl)nc(C)c1N. The summed E-state index contributed by atoms with van der Waals surface area (Å²) in [6, 6.07) is 9.94. The second-order valence-electron chi connectivity index (χ2n) is 3.90. The molecule has 0 fully saturated rings. The van der Waals surface area contributed by atoms with Gasteiger partial charge in [0.1, 0.15) is 0 Å². The van der Waals surface area contributed by atoms with Crippen LogP contribution in [0.1, 0.15) is 12.6 Å². The van der Waals surface area contributed by atoms with Crippen molar-refractivity contribution >= 4 is 28.8 Å². The summed E-state index contributed by atoms with van der Waals surface area (Å²) in [5.74, 6) is 0.654. The van der Waals surface area contributed by atoms with E-state index < -0.39 is 0 Å². The number of hydrogen-bond donors (Lipinski definition) is 1. The molecule has 18 heavy (non-hydrogen) atoms. The van der Waals surface area contributed by atoms with Gasteiger partial charge in [-0.25, -0.2) is 4.98 Å². The Labute approximate surface area is 111 Å². The minimum Gasteiger partial charge on any atom is -0.394 e. The predicted molar refractivity (Wildman–Crippen MR) is 75.3 cm³/mol. The first kappa shape index (κ1) is 12.6. The van der Waals surface area contributed by atoms with Crippen molar-refractivity contribution in [2.45, 2.75) is 13.8 Å². The Morgan fingerprint density at radius 2 is 1.89 bits per heavy atom. The maximum Gasteiger partial charge on any atom is 0.224 e. The van der Waals surface area contributed by atoms with Crippen LogP contribution in [-0.4, -0.2) is 16.5 Å². The van der Waals surface area contributed by atoms with E-state index in [1.54, 1.807) is 0 Å². The van der Waals surface area contributed by atoms with Crippen molar-refractivity contribution < 1.29 is 0 Å². The van der Waals surface area contributed by atoms with Crippen molar-refractivity contribution in [2.24, 2.45) is 0 Å². The van der Waals surface area contributed by atoms with Crippen LogP contribution in [0.5, 0.6) is 0 Å². The Hall–Kier alpha value is -1.81. The minimum absolute atomic E-state index is 0.214. The average Bonchev–Trinajstić information content (AvgIpc) is 2.37. The molecule has 1 aromatic heterocycles. The highest BCUT2D eigenvalue weighted by Gasteiger charge is 2.15. The standard InChI is InChI=1S/C13H15ClN4/c1-3-18(10-7-5-4-6-8-10)12-11(15)9(2)16-13(14)17-12/h4-8H,3,15H2,1-2H3. The number of nitrogen functional groups attached to an aromatic ring is 1. The van der Waals surface area contributed by atoms with Crippen LogP contribution in [0.25, 0.3) is 0 Å². The van der Waals surface area contributed by atoms with Gasteiger partial charge in [-0.1, -0.05) is 18.2 Å². The normalized spacial score (nSPS) is 10.4. The summed E-state index contributed by atoms with van der Waals surface area (Å²) in [6.07, 6.45) is 0. The van der Waals surface area contributed by atoms with Crippen molar-refractivity contribution in [2.75, 3.05) is 17.2 Å². The van der Waals surface area contributed by atoms with E-state index in [1.165, 1.54) is 0 Å². The van der Waals surface area contributed by atoms with Crippen molar-refractivity contribution in [3.8, 4) is 0 Å². The second-order valence-corrected chi connectivity index (χ2v) is 4.23. The van der Waals surface area contributed by atoms with Gasteiger partial charge < -0.3 is 10.6 Å². The van der Waals surface area contributed by atoms with Gasteiger partial charge in [0.05, 0.1) is 11.4 Å². The molecule has 2 N–H and O–H groups in total. The van der Waals surface area contributed by atoms with Crippen LogP contribution in [0.4, 0.5) is 17.2 Å². The second kappa shape index (κ2) is 5.23. The number of hydrogen-bond acceptors (Lipinski definition) is 4. The van der Waals surface area contributed by atoms with E-state index in [-0.39, 0.29) is 5.28 Å². The van der Waals surface area contributed by atoms with E-state index in [4.69, 9.17) is 17.3 Å². The number of para-hydroxylation sites is 1. The van der Waals surface area contributed by atoms with Crippen LogP contribution in [0.3, 0.4) is 0 Å². The van der Waals surface area contributed by atoms with Gasteiger partial charge in [0.25, 0.3) is 0 Å². The van der Waals surface area contributed by atoms with E-state index in [0.717, 1.165) is 12.2 Å². The van der Waals surface area contributed by atoms with Crippen LogP contribution in [0.2, 0.25) is 5.28 Å². The molecule has 0 saturated carbocycles. The Bertz CT molecular complexity index is 542. The molecule has 2 aromatic rings.